The number of hydrogen-bond acceptors (Lipinski definition) is 4. The van der Waals surface area contributed by atoms with Gasteiger partial charge in [0.25, 0.3) is 0 Å². The number of rotatable bonds is 5. The molecule has 6 nitrogen and oxygen atoms in total. The van der Waals surface area contributed by atoms with Gasteiger partial charge in [0.05, 0.1) is 5.56 Å². The highest BCUT2D eigenvalue weighted by molar-refractivity contribution is 5.89. The number of carbonyl (C=O) groups excluding carboxylic acids is 1. The Morgan fingerprint density at radius 3 is 2.64 bits per heavy atom. The third-order valence-corrected chi connectivity index (χ3v) is 3.17. The number of anilines is 1. The van der Waals surface area contributed by atoms with Crippen LogP contribution >= 0.6 is 0 Å². The van der Waals surface area contributed by atoms with Crippen molar-refractivity contribution in [2.24, 2.45) is 0 Å². The standard InChI is InChI=1S/C19H18N2O4/c20-17-11-15(10-16(12-17)18(22)23)8-4-5-9-21-19(24)25-13-14-6-2-1-3-7-14/h1-3,6-7,10-12H,5,9,13,20H2,(H,21,24)(H,22,23). The van der Waals surface area contributed by atoms with E-state index in [1.807, 2.05) is 30.3 Å². The fourth-order valence-corrected chi connectivity index (χ4v) is 2.01. The van der Waals surface area contributed by atoms with Crippen LogP contribution in [0.2, 0.25) is 0 Å². The predicted molar refractivity (Wildman–Crippen MR) is 93.9 cm³/mol. The van der Waals surface area contributed by atoms with Gasteiger partial charge in [-0.15, -0.1) is 0 Å². The molecule has 0 aliphatic carbocycles. The summed E-state index contributed by atoms with van der Waals surface area (Å²) in [5.74, 6) is 4.63. The Kier molecular flexibility index (Phi) is 6.43. The van der Waals surface area contributed by atoms with Gasteiger partial charge < -0.3 is 20.9 Å². The van der Waals surface area contributed by atoms with E-state index in [1.54, 1.807) is 6.07 Å². The molecule has 0 bridgehead atoms. The Bertz CT molecular complexity index is 807. The highest BCUT2D eigenvalue weighted by atomic mass is 16.5. The highest BCUT2D eigenvalue weighted by Gasteiger charge is 2.04. The molecule has 1 amide bonds. The minimum Gasteiger partial charge on any atom is -0.478 e. The summed E-state index contributed by atoms with van der Waals surface area (Å²) in [6.07, 6.45) is -0.111. The second-order valence-electron chi connectivity index (χ2n) is 5.19. The lowest BCUT2D eigenvalue weighted by atomic mass is 10.1. The van der Waals surface area contributed by atoms with Crippen LogP contribution in [0, 0.1) is 11.8 Å². The quantitative estimate of drug-likeness (QED) is 0.442. The number of ether oxygens (including phenoxy) is 1. The van der Waals surface area contributed by atoms with Gasteiger partial charge in [-0.05, 0) is 23.8 Å². The molecule has 0 atom stereocenters. The van der Waals surface area contributed by atoms with Gasteiger partial charge in [-0.3, -0.25) is 0 Å². The average Bonchev–Trinajstić information content (AvgIpc) is 2.60. The number of nitrogens with two attached hydrogens (primary N) is 1. The molecular formula is C19H18N2O4. The van der Waals surface area contributed by atoms with E-state index in [9.17, 15) is 9.59 Å². The maximum Gasteiger partial charge on any atom is 0.407 e. The minimum absolute atomic E-state index is 0.0897. The lowest BCUT2D eigenvalue weighted by molar-refractivity contribution is 0.0696. The van der Waals surface area contributed by atoms with Crippen molar-refractivity contribution in [1.82, 2.24) is 5.32 Å². The van der Waals surface area contributed by atoms with Crippen LogP contribution in [-0.4, -0.2) is 23.7 Å². The fourth-order valence-electron chi connectivity index (χ4n) is 2.01. The first kappa shape index (κ1) is 17.9. The molecule has 0 heterocycles. The van der Waals surface area contributed by atoms with Crippen molar-refractivity contribution in [1.29, 1.82) is 0 Å². The van der Waals surface area contributed by atoms with Crippen molar-refractivity contribution >= 4 is 17.7 Å². The molecule has 4 N–H and O–H groups in total. The lowest BCUT2D eigenvalue weighted by Crippen LogP contribution is -2.24. The van der Waals surface area contributed by atoms with E-state index in [-0.39, 0.29) is 12.2 Å². The van der Waals surface area contributed by atoms with Crippen molar-refractivity contribution in [3.05, 3.63) is 65.2 Å². The van der Waals surface area contributed by atoms with E-state index < -0.39 is 12.1 Å². The Hall–Kier alpha value is -3.46. The summed E-state index contributed by atoms with van der Waals surface area (Å²) in [4.78, 5) is 22.5. The number of hydrogen-bond donors (Lipinski definition) is 3. The van der Waals surface area contributed by atoms with E-state index in [4.69, 9.17) is 15.6 Å². The summed E-state index contributed by atoms with van der Waals surface area (Å²) in [7, 11) is 0. The fraction of sp³-hybridized carbons (Fsp3) is 0.158. The van der Waals surface area contributed by atoms with Crippen LogP contribution in [0.4, 0.5) is 10.5 Å². The van der Waals surface area contributed by atoms with Gasteiger partial charge in [0.15, 0.2) is 0 Å². The maximum absolute atomic E-state index is 11.6. The normalized spacial score (nSPS) is 9.60. The summed E-state index contributed by atoms with van der Waals surface area (Å²) in [6, 6.07) is 13.8. The molecule has 0 unspecified atom stereocenters. The molecule has 0 spiro atoms. The Balaban J connectivity index is 1.75. The molecule has 0 saturated heterocycles. The van der Waals surface area contributed by atoms with Gasteiger partial charge in [-0.25, -0.2) is 9.59 Å². The molecule has 2 rings (SSSR count). The Morgan fingerprint density at radius 1 is 1.16 bits per heavy atom. The molecule has 0 saturated carbocycles. The van der Waals surface area contributed by atoms with Gasteiger partial charge >= 0.3 is 12.1 Å². The zero-order chi connectivity index (χ0) is 18.1. The van der Waals surface area contributed by atoms with Crippen LogP contribution in [0.15, 0.2) is 48.5 Å². The first-order valence-corrected chi connectivity index (χ1v) is 7.62. The van der Waals surface area contributed by atoms with E-state index in [2.05, 4.69) is 17.2 Å². The van der Waals surface area contributed by atoms with Crippen LogP contribution in [0.3, 0.4) is 0 Å². The van der Waals surface area contributed by atoms with Crippen molar-refractivity contribution in [3.63, 3.8) is 0 Å². The van der Waals surface area contributed by atoms with Gasteiger partial charge in [-0.2, -0.15) is 0 Å². The predicted octanol–water partition coefficient (Wildman–Crippen LogP) is 2.64. The zero-order valence-corrected chi connectivity index (χ0v) is 13.5. The number of carboxylic acid groups (broad SMARTS) is 1. The van der Waals surface area contributed by atoms with Crippen molar-refractivity contribution in [3.8, 4) is 11.8 Å². The van der Waals surface area contributed by atoms with Gasteiger partial charge in [0.2, 0.25) is 0 Å². The van der Waals surface area contributed by atoms with Crippen molar-refractivity contribution in [2.75, 3.05) is 12.3 Å². The summed E-state index contributed by atoms with van der Waals surface area (Å²) in [5.41, 5.74) is 7.50. The molecular weight excluding hydrogens is 320 g/mol. The second kappa shape index (κ2) is 8.99. The maximum atomic E-state index is 11.6. The number of nitrogen functional groups attached to an aromatic ring is 1. The Morgan fingerprint density at radius 2 is 1.92 bits per heavy atom. The first-order chi connectivity index (χ1) is 12.0. The van der Waals surface area contributed by atoms with Crippen molar-refractivity contribution < 1.29 is 19.4 Å². The van der Waals surface area contributed by atoms with Crippen LogP contribution in [0.5, 0.6) is 0 Å². The third kappa shape index (κ3) is 6.28. The molecule has 25 heavy (non-hydrogen) atoms. The van der Waals surface area contributed by atoms with E-state index in [0.717, 1.165) is 5.56 Å². The summed E-state index contributed by atoms with van der Waals surface area (Å²) in [5, 5.41) is 11.6. The number of nitrogens with one attached hydrogen (secondary N) is 1. The second-order valence-corrected chi connectivity index (χ2v) is 5.19. The van der Waals surface area contributed by atoms with Crippen LogP contribution < -0.4 is 11.1 Å². The van der Waals surface area contributed by atoms with E-state index >= 15 is 0 Å². The topological polar surface area (TPSA) is 102 Å². The van der Waals surface area contributed by atoms with Crippen LogP contribution in [-0.2, 0) is 11.3 Å². The van der Waals surface area contributed by atoms with Crippen LogP contribution in [0.1, 0.15) is 27.9 Å². The SMILES string of the molecule is Nc1cc(C#CCCNC(=O)OCc2ccccc2)cc(C(=O)O)c1. The van der Waals surface area contributed by atoms with Crippen LogP contribution in [0.25, 0.3) is 0 Å². The zero-order valence-electron chi connectivity index (χ0n) is 13.5. The summed E-state index contributed by atoms with van der Waals surface area (Å²) in [6.45, 7) is 0.536. The van der Waals surface area contributed by atoms with Gasteiger partial charge in [0, 0.05) is 24.2 Å². The van der Waals surface area contributed by atoms with Gasteiger partial charge in [-0.1, -0.05) is 42.2 Å². The molecule has 0 fully saturated rings. The first-order valence-electron chi connectivity index (χ1n) is 7.62. The number of alkyl carbamates (subject to hydrolysis) is 1. The van der Waals surface area contributed by atoms with Crippen molar-refractivity contribution in [2.45, 2.75) is 13.0 Å². The number of amides is 1. The summed E-state index contributed by atoms with van der Waals surface area (Å²) >= 11 is 0. The van der Waals surface area contributed by atoms with Gasteiger partial charge in [0.1, 0.15) is 6.61 Å². The highest BCUT2D eigenvalue weighted by Crippen LogP contribution is 2.11. The smallest absolute Gasteiger partial charge is 0.407 e. The average molecular weight is 338 g/mol. The largest absolute Gasteiger partial charge is 0.478 e. The minimum atomic E-state index is -1.06. The molecule has 0 aliphatic rings. The molecule has 6 heteroatoms. The number of carbonyl (C=O) groups is 2. The summed E-state index contributed by atoms with van der Waals surface area (Å²) < 4.78 is 5.07. The van der Waals surface area contributed by atoms with E-state index in [0.29, 0.717) is 24.2 Å². The molecule has 2 aromatic carbocycles. The Labute approximate surface area is 145 Å². The monoisotopic (exact) mass is 338 g/mol. The number of aromatic carboxylic acids is 1. The third-order valence-electron chi connectivity index (χ3n) is 3.17. The number of carboxylic acids is 1. The molecule has 0 aromatic heterocycles. The molecule has 0 radical (unpaired) electrons. The molecule has 2 aromatic rings. The van der Waals surface area contributed by atoms with E-state index in [1.165, 1.54) is 12.1 Å². The molecule has 128 valence electrons. The number of benzene rings is 2. The lowest BCUT2D eigenvalue weighted by Gasteiger charge is -2.05. The molecule has 0 aliphatic heterocycles.